The number of rotatable bonds is 1. The highest BCUT2D eigenvalue weighted by atomic mass is 19.4. The van der Waals surface area contributed by atoms with Gasteiger partial charge in [0.05, 0.1) is 19.1 Å². The van der Waals surface area contributed by atoms with E-state index in [9.17, 15) is 22.4 Å². The number of hydrogen-bond acceptors (Lipinski definition) is 6. The molecule has 11 heteroatoms. The predicted octanol–water partition coefficient (Wildman–Crippen LogP) is 3.09. The van der Waals surface area contributed by atoms with Crippen LogP contribution >= 0.6 is 0 Å². The number of halogens is 4. The smallest absolute Gasteiger partial charge is 0.415 e. The summed E-state index contributed by atoms with van der Waals surface area (Å²) in [7, 11) is 0. The number of nitrogens with zero attached hydrogens (tertiary/aromatic N) is 1. The normalized spacial score (nSPS) is 26.9. The number of carbonyl (C=O) groups excluding carboxylic acids is 1. The zero-order valence-electron chi connectivity index (χ0n) is 16.0. The van der Waals surface area contributed by atoms with E-state index in [1.165, 1.54) is 12.1 Å². The Labute approximate surface area is 164 Å². The standard InChI is InChI=1S/C18H21F4N3O4/c1-16(2,3)29-15(26)24-14-25-17(10-6-9(23)4-5-12(10)19)8-28-13(18(20,21)22)11(17)7-27-14/h4-6,11,13H,7-8,23H2,1-3H3,(H,24,25,26)/t11?,13-,17?/m0/s1. The summed E-state index contributed by atoms with van der Waals surface area (Å²) < 4.78 is 70.3. The first kappa shape index (κ1) is 21.2. The zero-order valence-corrected chi connectivity index (χ0v) is 16.0. The van der Waals surface area contributed by atoms with Crippen LogP contribution in [0.1, 0.15) is 26.3 Å². The van der Waals surface area contributed by atoms with E-state index in [1.54, 1.807) is 20.8 Å². The Morgan fingerprint density at radius 2 is 2.03 bits per heavy atom. The zero-order chi connectivity index (χ0) is 21.6. The lowest BCUT2D eigenvalue weighted by molar-refractivity contribution is -0.219. The molecule has 160 valence electrons. The second-order valence-corrected chi connectivity index (χ2v) is 7.90. The molecule has 0 aliphatic carbocycles. The molecule has 0 radical (unpaired) electrons. The molecule has 0 saturated carbocycles. The van der Waals surface area contributed by atoms with Crippen molar-refractivity contribution < 1.29 is 36.6 Å². The number of alkyl halides is 3. The van der Waals surface area contributed by atoms with E-state index in [-0.39, 0.29) is 17.3 Å². The number of fused-ring (bicyclic) bond motifs is 1. The minimum absolute atomic E-state index is 0.147. The Kier molecular flexibility index (Phi) is 5.14. The topological polar surface area (TPSA) is 95.2 Å². The molecule has 1 fully saturated rings. The van der Waals surface area contributed by atoms with Gasteiger partial charge in [-0.15, -0.1) is 0 Å². The van der Waals surface area contributed by atoms with E-state index in [4.69, 9.17) is 19.9 Å². The van der Waals surface area contributed by atoms with Crippen molar-refractivity contribution in [1.29, 1.82) is 0 Å². The van der Waals surface area contributed by atoms with Crippen LogP contribution in [0.4, 0.5) is 28.0 Å². The van der Waals surface area contributed by atoms with E-state index in [2.05, 4.69) is 10.3 Å². The molecule has 0 bridgehead atoms. The molecule has 7 nitrogen and oxygen atoms in total. The minimum atomic E-state index is -4.71. The number of alkyl carbamates (subject to hydrolysis) is 1. The first-order valence-electron chi connectivity index (χ1n) is 8.78. The fraction of sp³-hybridized carbons (Fsp3) is 0.556. The van der Waals surface area contributed by atoms with Gasteiger partial charge >= 0.3 is 12.3 Å². The van der Waals surface area contributed by atoms with E-state index in [0.29, 0.717) is 0 Å². The van der Waals surface area contributed by atoms with Crippen molar-refractivity contribution in [2.24, 2.45) is 10.9 Å². The van der Waals surface area contributed by atoms with Crippen LogP contribution in [-0.2, 0) is 19.7 Å². The summed E-state index contributed by atoms with van der Waals surface area (Å²) in [6.07, 6.45) is -7.84. The van der Waals surface area contributed by atoms with Crippen molar-refractivity contribution in [3.8, 4) is 0 Å². The molecule has 2 aliphatic rings. The predicted molar refractivity (Wildman–Crippen MR) is 94.5 cm³/mol. The van der Waals surface area contributed by atoms with E-state index >= 15 is 0 Å². The molecule has 1 saturated heterocycles. The fourth-order valence-electron chi connectivity index (χ4n) is 3.40. The van der Waals surface area contributed by atoms with Crippen molar-refractivity contribution in [2.75, 3.05) is 18.9 Å². The highest BCUT2D eigenvalue weighted by molar-refractivity contribution is 5.91. The van der Waals surface area contributed by atoms with Gasteiger partial charge in [0.15, 0.2) is 6.10 Å². The Balaban J connectivity index is 2.02. The maximum Gasteiger partial charge on any atom is 0.415 e. The third-order valence-corrected chi connectivity index (χ3v) is 4.55. The highest BCUT2D eigenvalue weighted by Crippen LogP contribution is 2.50. The van der Waals surface area contributed by atoms with Gasteiger partial charge in [-0.2, -0.15) is 13.2 Å². The summed E-state index contributed by atoms with van der Waals surface area (Å²) in [5.41, 5.74) is 3.10. The van der Waals surface area contributed by atoms with E-state index in [1.807, 2.05) is 0 Å². The Morgan fingerprint density at radius 3 is 2.66 bits per heavy atom. The van der Waals surface area contributed by atoms with Gasteiger partial charge in [0.1, 0.15) is 17.0 Å². The summed E-state index contributed by atoms with van der Waals surface area (Å²) in [6, 6.07) is 3.15. The van der Waals surface area contributed by atoms with Gasteiger partial charge in [0, 0.05) is 11.3 Å². The first-order valence-corrected chi connectivity index (χ1v) is 8.78. The summed E-state index contributed by atoms with van der Waals surface area (Å²) >= 11 is 0. The molecule has 29 heavy (non-hydrogen) atoms. The number of hydrogen-bond donors (Lipinski definition) is 2. The lowest BCUT2D eigenvalue weighted by Gasteiger charge is -2.37. The molecular weight excluding hydrogens is 398 g/mol. The second kappa shape index (κ2) is 7.05. The van der Waals surface area contributed by atoms with Crippen molar-refractivity contribution in [3.05, 3.63) is 29.6 Å². The maximum atomic E-state index is 14.6. The molecule has 1 amide bonds. The number of ether oxygens (including phenoxy) is 3. The molecule has 1 aromatic carbocycles. The lowest BCUT2D eigenvalue weighted by Crippen LogP contribution is -2.50. The van der Waals surface area contributed by atoms with Gasteiger partial charge < -0.3 is 19.9 Å². The van der Waals surface area contributed by atoms with Gasteiger partial charge in [-0.25, -0.2) is 19.5 Å². The summed E-state index contributed by atoms with van der Waals surface area (Å²) in [5, 5.41) is 2.25. The van der Waals surface area contributed by atoms with Gasteiger partial charge in [-0.05, 0) is 39.0 Å². The molecular formula is C18H21F4N3O4. The molecule has 2 aliphatic heterocycles. The number of anilines is 1. The van der Waals surface area contributed by atoms with Crippen LogP contribution < -0.4 is 11.1 Å². The quantitative estimate of drug-likeness (QED) is 0.539. The molecule has 3 atom stereocenters. The SMILES string of the molecule is CC(C)(C)OC(=O)NC1=NC2(c3cc(N)ccc3F)CO[C@H](C(F)(F)F)C2CO1. The number of nitrogens with one attached hydrogen (secondary N) is 1. The van der Waals surface area contributed by atoms with Crippen molar-refractivity contribution >= 4 is 17.8 Å². The van der Waals surface area contributed by atoms with E-state index in [0.717, 1.165) is 6.07 Å². The number of nitrogens with two attached hydrogens (primary N) is 1. The maximum absolute atomic E-state index is 14.6. The Morgan fingerprint density at radius 1 is 1.34 bits per heavy atom. The van der Waals surface area contributed by atoms with Crippen LogP contribution in [0.15, 0.2) is 23.2 Å². The third-order valence-electron chi connectivity index (χ3n) is 4.55. The Hall–Kier alpha value is -2.56. The van der Waals surface area contributed by atoms with Gasteiger partial charge in [0.2, 0.25) is 0 Å². The van der Waals surface area contributed by atoms with Crippen molar-refractivity contribution in [1.82, 2.24) is 5.32 Å². The number of carbonyl (C=O) groups is 1. The van der Waals surface area contributed by atoms with Crippen LogP contribution in [0.3, 0.4) is 0 Å². The van der Waals surface area contributed by atoms with Crippen LogP contribution in [0.2, 0.25) is 0 Å². The largest absolute Gasteiger partial charge is 0.464 e. The van der Waals surface area contributed by atoms with Crippen molar-refractivity contribution in [3.63, 3.8) is 0 Å². The van der Waals surface area contributed by atoms with Gasteiger partial charge in [-0.1, -0.05) is 0 Å². The highest BCUT2D eigenvalue weighted by Gasteiger charge is 2.62. The number of amides is 1. The first-order chi connectivity index (χ1) is 13.3. The summed E-state index contributed by atoms with van der Waals surface area (Å²) in [5.74, 6) is -2.17. The average molecular weight is 419 g/mol. The summed E-state index contributed by atoms with van der Waals surface area (Å²) in [6.45, 7) is 3.83. The second-order valence-electron chi connectivity index (χ2n) is 7.90. The van der Waals surface area contributed by atoms with Crippen LogP contribution in [-0.4, -0.2) is 43.2 Å². The molecule has 0 spiro atoms. The molecule has 1 aromatic rings. The average Bonchev–Trinajstić information content (AvgIpc) is 2.95. The van der Waals surface area contributed by atoms with Crippen LogP contribution in [0.5, 0.6) is 0 Å². The van der Waals surface area contributed by atoms with E-state index < -0.39 is 54.5 Å². The van der Waals surface area contributed by atoms with Gasteiger partial charge in [0.25, 0.3) is 6.02 Å². The molecule has 2 heterocycles. The minimum Gasteiger partial charge on any atom is -0.464 e. The van der Waals surface area contributed by atoms with Crippen LogP contribution in [0, 0.1) is 11.7 Å². The monoisotopic (exact) mass is 419 g/mol. The number of aliphatic imine (C=N–C) groups is 1. The lowest BCUT2D eigenvalue weighted by atomic mass is 9.77. The molecule has 3 rings (SSSR count). The summed E-state index contributed by atoms with van der Waals surface area (Å²) in [4.78, 5) is 16.1. The Bertz CT molecular complexity index is 837. The molecule has 2 unspecified atom stereocenters. The molecule has 0 aromatic heterocycles. The van der Waals surface area contributed by atoms with Crippen molar-refractivity contribution in [2.45, 2.75) is 44.2 Å². The van der Waals surface area contributed by atoms with Gasteiger partial charge in [-0.3, -0.25) is 0 Å². The number of benzene rings is 1. The molecule has 3 N–H and O–H groups in total. The fourth-order valence-corrected chi connectivity index (χ4v) is 3.40. The van der Waals surface area contributed by atoms with Crippen LogP contribution in [0.25, 0.3) is 0 Å². The number of nitrogen functional groups attached to an aromatic ring is 1. The third kappa shape index (κ3) is 4.24. The number of amidine groups is 1.